The highest BCUT2D eigenvalue weighted by molar-refractivity contribution is 9.10. The van der Waals surface area contributed by atoms with Crippen LogP contribution in [0.4, 0.5) is 5.69 Å². The van der Waals surface area contributed by atoms with Gasteiger partial charge in [-0.2, -0.15) is 0 Å². The number of hydrogen-bond donors (Lipinski definition) is 2. The molecule has 0 bridgehead atoms. The number of benzene rings is 3. The van der Waals surface area contributed by atoms with E-state index in [1.54, 1.807) is 6.07 Å². The zero-order chi connectivity index (χ0) is 21.5. The van der Waals surface area contributed by atoms with Gasteiger partial charge in [0.1, 0.15) is 0 Å². The molecule has 0 aliphatic heterocycles. The second kappa shape index (κ2) is 10.5. The van der Waals surface area contributed by atoms with Gasteiger partial charge in [-0.25, -0.2) is 0 Å². The fourth-order valence-corrected chi connectivity index (χ4v) is 3.88. The van der Waals surface area contributed by atoms with E-state index >= 15 is 0 Å². The van der Waals surface area contributed by atoms with Gasteiger partial charge in [0.2, 0.25) is 0 Å². The molecule has 0 fully saturated rings. The maximum atomic E-state index is 12.9. The quantitative estimate of drug-likeness (QED) is 0.405. The lowest BCUT2D eigenvalue weighted by atomic mass is 9.96. The Balaban J connectivity index is 1.99. The molecule has 0 spiro atoms. The number of ether oxygens (including phenoxy) is 1. The molecule has 0 radical (unpaired) electrons. The molecule has 0 aliphatic rings. The lowest BCUT2D eigenvalue weighted by Gasteiger charge is -2.23. The van der Waals surface area contributed by atoms with Crippen molar-refractivity contribution in [3.8, 4) is 0 Å². The first-order valence-electron chi connectivity index (χ1n) is 9.20. The molecule has 3 aromatic rings. The Morgan fingerprint density at radius 3 is 2.37 bits per heavy atom. The van der Waals surface area contributed by atoms with Crippen molar-refractivity contribution in [2.24, 2.45) is 0 Å². The van der Waals surface area contributed by atoms with E-state index in [2.05, 4.69) is 42.5 Å². The topological polar surface area (TPSA) is 67.4 Å². The summed E-state index contributed by atoms with van der Waals surface area (Å²) in [6.07, 6.45) is 0. The first-order chi connectivity index (χ1) is 14.5. The van der Waals surface area contributed by atoms with Crippen molar-refractivity contribution >= 4 is 49.4 Å². The van der Waals surface area contributed by atoms with Crippen LogP contribution in [-0.2, 0) is 9.53 Å². The molecule has 30 heavy (non-hydrogen) atoms. The van der Waals surface area contributed by atoms with Gasteiger partial charge in [-0.1, -0.05) is 58.4 Å². The molecule has 3 rings (SSSR count). The maximum Gasteiger partial charge on any atom is 0.319 e. The minimum Gasteiger partial charge on any atom is -0.468 e. The van der Waals surface area contributed by atoms with E-state index in [1.165, 1.54) is 7.11 Å². The van der Waals surface area contributed by atoms with Gasteiger partial charge in [-0.15, -0.1) is 0 Å². The molecule has 0 unspecified atom stereocenters. The third-order valence-electron chi connectivity index (χ3n) is 4.50. The summed E-state index contributed by atoms with van der Waals surface area (Å²) in [5.41, 5.74) is 2.95. The van der Waals surface area contributed by atoms with Gasteiger partial charge in [0.15, 0.2) is 0 Å². The normalized spacial score (nSPS) is 11.6. The molecule has 2 N–H and O–H groups in total. The molecule has 0 aliphatic carbocycles. The first-order valence-corrected chi connectivity index (χ1v) is 10.8. The number of amides is 1. The third kappa shape index (κ3) is 5.56. The smallest absolute Gasteiger partial charge is 0.319 e. The molecule has 1 atom stereocenters. The second-order valence-corrected chi connectivity index (χ2v) is 8.24. The van der Waals surface area contributed by atoms with Gasteiger partial charge in [0, 0.05) is 14.6 Å². The molecule has 3 aromatic carbocycles. The van der Waals surface area contributed by atoms with Gasteiger partial charge in [-0.05, 0) is 57.4 Å². The zero-order valence-electron chi connectivity index (χ0n) is 16.2. The summed E-state index contributed by atoms with van der Waals surface area (Å²) in [7, 11) is 1.35. The number of rotatable bonds is 7. The van der Waals surface area contributed by atoms with Crippen molar-refractivity contribution in [3.05, 3.63) is 98.4 Å². The van der Waals surface area contributed by atoms with E-state index in [4.69, 9.17) is 4.74 Å². The number of esters is 1. The third-order valence-corrected chi connectivity index (χ3v) is 5.69. The molecular formula is C23H20Br2N2O3. The summed E-state index contributed by atoms with van der Waals surface area (Å²) < 4.78 is 6.35. The molecule has 154 valence electrons. The highest BCUT2D eigenvalue weighted by atomic mass is 79.9. The lowest BCUT2D eigenvalue weighted by molar-refractivity contribution is -0.139. The summed E-state index contributed by atoms with van der Waals surface area (Å²) in [5, 5.41) is 6.24. The number of carbonyl (C=O) groups excluding carboxylic acids is 2. The highest BCUT2D eigenvalue weighted by Gasteiger charge is 2.21. The van der Waals surface area contributed by atoms with E-state index in [1.807, 2.05) is 66.7 Å². The number of anilines is 1. The van der Waals surface area contributed by atoms with Crippen LogP contribution >= 0.6 is 31.9 Å². The number of methoxy groups -OCH3 is 1. The Labute approximate surface area is 192 Å². The van der Waals surface area contributed by atoms with Crippen molar-refractivity contribution < 1.29 is 14.3 Å². The largest absolute Gasteiger partial charge is 0.468 e. The number of carbonyl (C=O) groups is 2. The van der Waals surface area contributed by atoms with E-state index < -0.39 is 0 Å². The summed E-state index contributed by atoms with van der Waals surface area (Å²) in [4.78, 5) is 24.7. The summed E-state index contributed by atoms with van der Waals surface area (Å²) in [5.74, 6) is -0.601. The summed E-state index contributed by atoms with van der Waals surface area (Å²) >= 11 is 6.94. The lowest BCUT2D eigenvalue weighted by Crippen LogP contribution is -2.30. The Morgan fingerprint density at radius 2 is 1.67 bits per heavy atom. The van der Waals surface area contributed by atoms with Gasteiger partial charge < -0.3 is 10.1 Å². The number of nitrogens with one attached hydrogen (secondary N) is 2. The van der Waals surface area contributed by atoms with E-state index in [0.29, 0.717) is 15.7 Å². The Kier molecular flexibility index (Phi) is 7.79. The van der Waals surface area contributed by atoms with Gasteiger partial charge in [0.25, 0.3) is 5.91 Å². The van der Waals surface area contributed by atoms with Crippen molar-refractivity contribution in [1.29, 1.82) is 0 Å². The van der Waals surface area contributed by atoms with Crippen LogP contribution in [0, 0.1) is 0 Å². The second-order valence-electron chi connectivity index (χ2n) is 6.47. The van der Waals surface area contributed by atoms with Crippen LogP contribution in [0.25, 0.3) is 0 Å². The average Bonchev–Trinajstić information content (AvgIpc) is 2.76. The van der Waals surface area contributed by atoms with Gasteiger partial charge in [-0.3, -0.25) is 14.9 Å². The Hall–Kier alpha value is -2.48. The standard InChI is InChI=1S/C23H20Br2N2O3/c1-30-21(28)14-26-22(15-7-3-2-4-8-15)18-13-16(24)11-12-20(18)27-23(29)17-9-5-6-10-19(17)25/h2-13,22,26H,14H2,1H3,(H,27,29)/t22-/m1/s1. The number of halogens is 2. The van der Waals surface area contributed by atoms with Crippen LogP contribution in [0.3, 0.4) is 0 Å². The molecule has 0 saturated carbocycles. The van der Waals surface area contributed by atoms with Crippen molar-refractivity contribution in [1.82, 2.24) is 5.32 Å². The van der Waals surface area contributed by atoms with E-state index in [9.17, 15) is 9.59 Å². The van der Waals surface area contributed by atoms with Crippen molar-refractivity contribution in [2.75, 3.05) is 19.0 Å². The Morgan fingerprint density at radius 1 is 0.967 bits per heavy atom. The van der Waals surface area contributed by atoms with Crippen LogP contribution in [0.15, 0.2) is 81.7 Å². The summed E-state index contributed by atoms with van der Waals surface area (Å²) in [6.45, 7) is 0.0280. The van der Waals surface area contributed by atoms with Crippen LogP contribution in [0.2, 0.25) is 0 Å². The molecule has 7 heteroatoms. The van der Waals surface area contributed by atoms with Crippen LogP contribution in [0.1, 0.15) is 27.5 Å². The van der Waals surface area contributed by atoms with Gasteiger partial charge in [0.05, 0.1) is 25.3 Å². The first kappa shape index (κ1) is 22.2. The zero-order valence-corrected chi connectivity index (χ0v) is 19.4. The number of hydrogen-bond acceptors (Lipinski definition) is 4. The maximum absolute atomic E-state index is 12.9. The van der Waals surface area contributed by atoms with Gasteiger partial charge >= 0.3 is 5.97 Å². The fourth-order valence-electron chi connectivity index (χ4n) is 3.03. The van der Waals surface area contributed by atoms with Crippen molar-refractivity contribution in [2.45, 2.75) is 6.04 Å². The molecule has 0 heterocycles. The van der Waals surface area contributed by atoms with E-state index in [-0.39, 0.29) is 24.5 Å². The van der Waals surface area contributed by atoms with E-state index in [0.717, 1.165) is 15.6 Å². The predicted octanol–water partition coefficient (Wildman–Crippen LogP) is 5.32. The van der Waals surface area contributed by atoms with Crippen LogP contribution < -0.4 is 10.6 Å². The SMILES string of the molecule is COC(=O)CN[C@H](c1ccccc1)c1cc(Br)ccc1NC(=O)c1ccccc1Br. The minimum absolute atomic E-state index is 0.0280. The summed E-state index contributed by atoms with van der Waals surface area (Å²) in [6, 6.07) is 22.3. The van der Waals surface area contributed by atoms with Crippen LogP contribution in [0.5, 0.6) is 0 Å². The predicted molar refractivity (Wildman–Crippen MR) is 125 cm³/mol. The van der Waals surface area contributed by atoms with Crippen molar-refractivity contribution in [3.63, 3.8) is 0 Å². The molecule has 0 aromatic heterocycles. The monoisotopic (exact) mass is 530 g/mol. The molecule has 1 amide bonds. The average molecular weight is 532 g/mol. The Bertz CT molecular complexity index is 1040. The van der Waals surface area contributed by atoms with Crippen LogP contribution in [-0.4, -0.2) is 25.5 Å². The highest BCUT2D eigenvalue weighted by Crippen LogP contribution is 2.32. The molecule has 0 saturated heterocycles. The molecule has 5 nitrogen and oxygen atoms in total. The fraction of sp³-hybridized carbons (Fsp3) is 0.130. The minimum atomic E-state index is -0.371. The molecular weight excluding hydrogens is 512 g/mol.